The van der Waals surface area contributed by atoms with Crippen LogP contribution in [0.15, 0.2) is 30.0 Å². The molecule has 1 aromatic carbocycles. The van der Waals surface area contributed by atoms with Gasteiger partial charge in [-0.3, -0.25) is 14.6 Å². The van der Waals surface area contributed by atoms with Crippen molar-refractivity contribution in [3.8, 4) is 0 Å². The van der Waals surface area contributed by atoms with Gasteiger partial charge in [0, 0.05) is 24.2 Å². The summed E-state index contributed by atoms with van der Waals surface area (Å²) in [6, 6.07) is 4.45. The number of rotatable bonds is 3. The number of hydrazine groups is 1. The lowest BCUT2D eigenvalue weighted by Crippen LogP contribution is -2.55. The second-order valence-corrected chi connectivity index (χ2v) is 7.38. The second-order valence-electron chi connectivity index (χ2n) is 6.98. The highest BCUT2D eigenvalue weighted by molar-refractivity contribution is 6.31. The zero-order valence-electron chi connectivity index (χ0n) is 14.6. The number of benzene rings is 1. The van der Waals surface area contributed by atoms with Gasteiger partial charge in [-0.2, -0.15) is 0 Å². The van der Waals surface area contributed by atoms with E-state index in [-0.39, 0.29) is 28.4 Å². The Morgan fingerprint density at radius 1 is 1.30 bits per heavy atom. The number of hydrogen-bond acceptors (Lipinski definition) is 5. The molecule has 3 aliphatic heterocycles. The second kappa shape index (κ2) is 7.46. The number of hydrogen-bond donors (Lipinski definition) is 4. The molecule has 3 heterocycles. The average molecular weight is 394 g/mol. The number of carbonyl (C=O) groups is 2. The van der Waals surface area contributed by atoms with Crippen molar-refractivity contribution in [1.29, 1.82) is 0 Å². The van der Waals surface area contributed by atoms with Crippen molar-refractivity contribution in [2.45, 2.75) is 19.0 Å². The van der Waals surface area contributed by atoms with Gasteiger partial charge in [0.2, 0.25) is 11.8 Å². The van der Waals surface area contributed by atoms with E-state index in [0.29, 0.717) is 6.54 Å². The third-order valence-corrected chi connectivity index (χ3v) is 5.58. The van der Waals surface area contributed by atoms with Crippen molar-refractivity contribution in [3.63, 3.8) is 0 Å². The van der Waals surface area contributed by atoms with Crippen molar-refractivity contribution < 1.29 is 14.0 Å². The van der Waals surface area contributed by atoms with Crippen LogP contribution in [0, 0.1) is 17.7 Å². The molecule has 0 saturated carbocycles. The SMILES string of the molecule is O=C1C=C(C2CCNCC2)N2NCC(C(=O)Nc3cccc(Cl)c3F)C2N1. The third-order valence-electron chi connectivity index (χ3n) is 5.29. The summed E-state index contributed by atoms with van der Waals surface area (Å²) in [6.45, 7) is 2.15. The molecule has 2 saturated heterocycles. The van der Waals surface area contributed by atoms with Gasteiger partial charge in [0.1, 0.15) is 6.17 Å². The zero-order chi connectivity index (χ0) is 19.0. The van der Waals surface area contributed by atoms with Crippen molar-refractivity contribution in [1.82, 2.24) is 21.1 Å². The lowest BCUT2D eigenvalue weighted by Gasteiger charge is -2.38. The van der Waals surface area contributed by atoms with Gasteiger partial charge >= 0.3 is 0 Å². The summed E-state index contributed by atoms with van der Waals surface area (Å²) in [7, 11) is 0. The molecule has 9 heteroatoms. The maximum atomic E-state index is 14.1. The summed E-state index contributed by atoms with van der Waals surface area (Å²) in [5.74, 6) is -1.54. The van der Waals surface area contributed by atoms with E-state index in [1.165, 1.54) is 12.1 Å². The molecule has 2 unspecified atom stereocenters. The normalized spacial score (nSPS) is 25.6. The van der Waals surface area contributed by atoms with Gasteiger partial charge in [-0.05, 0) is 38.1 Å². The predicted octanol–water partition coefficient (Wildman–Crippen LogP) is 1.19. The molecule has 2 amide bonds. The molecule has 0 bridgehead atoms. The molecule has 0 radical (unpaired) electrons. The maximum Gasteiger partial charge on any atom is 0.247 e. The minimum atomic E-state index is -0.668. The first-order valence-corrected chi connectivity index (χ1v) is 9.43. The molecule has 1 aromatic rings. The quantitative estimate of drug-likeness (QED) is 0.620. The molecule has 0 aliphatic carbocycles. The number of nitrogens with zero attached hydrogens (tertiary/aromatic N) is 1. The van der Waals surface area contributed by atoms with Gasteiger partial charge in [-0.15, -0.1) is 0 Å². The molecule has 2 atom stereocenters. The number of fused-ring (bicyclic) bond motifs is 1. The highest BCUT2D eigenvalue weighted by Gasteiger charge is 2.44. The lowest BCUT2D eigenvalue weighted by molar-refractivity contribution is -0.123. The highest BCUT2D eigenvalue weighted by Crippen LogP contribution is 2.32. The van der Waals surface area contributed by atoms with E-state index in [0.717, 1.165) is 31.6 Å². The van der Waals surface area contributed by atoms with Crippen LogP contribution in [0.25, 0.3) is 0 Å². The molecule has 4 rings (SSSR count). The lowest BCUT2D eigenvalue weighted by atomic mass is 9.92. The average Bonchev–Trinajstić information content (AvgIpc) is 3.09. The van der Waals surface area contributed by atoms with Crippen LogP contribution in [0.5, 0.6) is 0 Å². The first kappa shape index (κ1) is 18.2. The molecule has 7 nitrogen and oxygen atoms in total. The largest absolute Gasteiger partial charge is 0.330 e. The van der Waals surface area contributed by atoms with Crippen LogP contribution in [-0.2, 0) is 9.59 Å². The minimum absolute atomic E-state index is 0.0298. The molecular formula is C18H21ClFN5O2. The Bertz CT molecular complexity index is 796. The minimum Gasteiger partial charge on any atom is -0.330 e. The van der Waals surface area contributed by atoms with E-state index in [2.05, 4.69) is 21.4 Å². The summed E-state index contributed by atoms with van der Waals surface area (Å²) in [5, 5.41) is 10.6. The molecular weight excluding hydrogens is 373 g/mol. The fourth-order valence-electron chi connectivity index (χ4n) is 3.89. The molecule has 4 N–H and O–H groups in total. The maximum absolute atomic E-state index is 14.1. The van der Waals surface area contributed by atoms with E-state index in [1.54, 1.807) is 12.1 Å². The Labute approximate surface area is 161 Å². The Morgan fingerprint density at radius 3 is 2.85 bits per heavy atom. The number of halogens is 2. The van der Waals surface area contributed by atoms with Crippen molar-refractivity contribution in [3.05, 3.63) is 40.8 Å². The number of piperidine rings is 1. The third kappa shape index (κ3) is 3.52. The Hall–Kier alpha value is -2.16. The first-order chi connectivity index (χ1) is 13.0. The van der Waals surface area contributed by atoms with Gasteiger partial charge in [0.05, 0.1) is 16.6 Å². The fraction of sp³-hybridized carbons (Fsp3) is 0.444. The molecule has 144 valence electrons. The van der Waals surface area contributed by atoms with E-state index < -0.39 is 17.9 Å². The predicted molar refractivity (Wildman–Crippen MR) is 99.0 cm³/mol. The summed E-state index contributed by atoms with van der Waals surface area (Å²) in [4.78, 5) is 25.0. The van der Waals surface area contributed by atoms with Crippen molar-refractivity contribution in [2.75, 3.05) is 25.0 Å². The van der Waals surface area contributed by atoms with Crippen molar-refractivity contribution in [2.24, 2.45) is 11.8 Å². The van der Waals surface area contributed by atoms with Crippen molar-refractivity contribution >= 4 is 29.1 Å². The Morgan fingerprint density at radius 2 is 2.07 bits per heavy atom. The number of allylic oxidation sites excluding steroid dienone is 1. The smallest absolute Gasteiger partial charge is 0.247 e. The van der Waals surface area contributed by atoms with Gasteiger partial charge in [-0.25, -0.2) is 9.82 Å². The fourth-order valence-corrected chi connectivity index (χ4v) is 4.06. The molecule has 0 aromatic heterocycles. The van der Waals surface area contributed by atoms with E-state index >= 15 is 0 Å². The molecule has 3 aliphatic rings. The van der Waals surface area contributed by atoms with Gasteiger partial charge in [-0.1, -0.05) is 17.7 Å². The van der Waals surface area contributed by atoms with Gasteiger partial charge in [0.25, 0.3) is 0 Å². The standard InChI is InChI=1S/C18H21ClFN5O2/c19-12-2-1-3-13(16(12)20)23-18(27)11-9-22-25-14(8-15(26)24-17(11)25)10-4-6-21-7-5-10/h1-3,8,10-11,17,21-22H,4-7,9H2,(H,23,27)(H,24,26). The summed E-state index contributed by atoms with van der Waals surface area (Å²) >= 11 is 5.78. The van der Waals surface area contributed by atoms with Crippen LogP contribution in [0.2, 0.25) is 5.02 Å². The van der Waals surface area contributed by atoms with Gasteiger partial charge in [0.15, 0.2) is 5.82 Å². The zero-order valence-corrected chi connectivity index (χ0v) is 15.4. The van der Waals surface area contributed by atoms with Crippen LogP contribution in [0.4, 0.5) is 10.1 Å². The number of nitrogens with one attached hydrogen (secondary N) is 4. The molecule has 2 fully saturated rings. The van der Waals surface area contributed by atoms with Crippen LogP contribution in [0.3, 0.4) is 0 Å². The Kier molecular flexibility index (Phi) is 5.03. The van der Waals surface area contributed by atoms with E-state index in [4.69, 9.17) is 11.6 Å². The number of amides is 2. The molecule has 27 heavy (non-hydrogen) atoms. The Balaban J connectivity index is 1.51. The van der Waals surface area contributed by atoms with Crippen LogP contribution >= 0.6 is 11.6 Å². The first-order valence-electron chi connectivity index (χ1n) is 9.05. The van der Waals surface area contributed by atoms with Crippen LogP contribution in [0.1, 0.15) is 12.8 Å². The van der Waals surface area contributed by atoms with E-state index in [9.17, 15) is 14.0 Å². The van der Waals surface area contributed by atoms with E-state index in [1.807, 2.05) is 5.01 Å². The molecule has 0 spiro atoms. The summed E-state index contributed by atoms with van der Waals surface area (Å²) in [6.07, 6.45) is 2.98. The van der Waals surface area contributed by atoms with Gasteiger partial charge < -0.3 is 16.0 Å². The highest BCUT2D eigenvalue weighted by atomic mass is 35.5. The van der Waals surface area contributed by atoms with Crippen LogP contribution < -0.4 is 21.4 Å². The summed E-state index contributed by atoms with van der Waals surface area (Å²) in [5.41, 5.74) is 4.16. The number of anilines is 1. The monoisotopic (exact) mass is 393 g/mol. The van der Waals surface area contributed by atoms with Crippen LogP contribution in [-0.4, -0.2) is 42.6 Å². The summed E-state index contributed by atoms with van der Waals surface area (Å²) < 4.78 is 14.1. The number of carbonyl (C=O) groups excluding carboxylic acids is 2. The topological polar surface area (TPSA) is 85.5 Å².